The Morgan fingerprint density at radius 2 is 2.11 bits per heavy atom. The molecule has 0 atom stereocenters. The van der Waals surface area contributed by atoms with Gasteiger partial charge in [-0.15, -0.1) is 0 Å². The minimum Gasteiger partial charge on any atom is -0.476 e. The molecule has 1 saturated carbocycles. The van der Waals surface area contributed by atoms with E-state index >= 15 is 0 Å². The molecule has 7 heteroatoms. The number of hydrogen-bond acceptors (Lipinski definition) is 6. The van der Waals surface area contributed by atoms with E-state index in [1.165, 1.54) is 19.9 Å². The van der Waals surface area contributed by atoms with Crippen molar-refractivity contribution in [2.24, 2.45) is 0 Å². The van der Waals surface area contributed by atoms with Crippen LogP contribution < -0.4 is 10.1 Å². The zero-order valence-electron chi connectivity index (χ0n) is 10.3. The van der Waals surface area contributed by atoms with Crippen LogP contribution in [0.1, 0.15) is 32.1 Å². The molecule has 0 unspecified atom stereocenters. The maximum Gasteiger partial charge on any atom is 0.372 e. The molecular weight excluding hydrogens is 236 g/mol. The third kappa shape index (κ3) is 2.66. The van der Waals surface area contributed by atoms with Crippen molar-refractivity contribution in [2.75, 3.05) is 12.4 Å². The summed E-state index contributed by atoms with van der Waals surface area (Å²) in [6.07, 6.45) is 6.83. The fourth-order valence-electron chi connectivity index (χ4n) is 2.22. The Balaban J connectivity index is 2.23. The summed E-state index contributed by atoms with van der Waals surface area (Å²) in [6, 6.07) is 0.247. The number of nitrogens with one attached hydrogen (secondary N) is 1. The quantitative estimate of drug-likeness (QED) is 0.652. The third-order valence-corrected chi connectivity index (χ3v) is 3.11. The molecular formula is C11H16N4O3. The van der Waals surface area contributed by atoms with Gasteiger partial charge in [-0.2, -0.15) is 4.98 Å². The Morgan fingerprint density at radius 1 is 1.39 bits per heavy atom. The van der Waals surface area contributed by atoms with Gasteiger partial charge in [-0.25, -0.2) is 4.98 Å². The highest BCUT2D eigenvalue weighted by Crippen LogP contribution is 2.32. The normalized spacial score (nSPS) is 16.3. The second-order valence-corrected chi connectivity index (χ2v) is 4.32. The molecule has 0 saturated heterocycles. The summed E-state index contributed by atoms with van der Waals surface area (Å²) in [5.74, 6) is 0.243. The van der Waals surface area contributed by atoms with Crippen LogP contribution in [0.3, 0.4) is 0 Å². The average molecular weight is 252 g/mol. The second kappa shape index (κ2) is 5.61. The predicted octanol–water partition coefficient (Wildman–Crippen LogP) is 2.14. The molecule has 98 valence electrons. The predicted molar refractivity (Wildman–Crippen MR) is 65.7 cm³/mol. The van der Waals surface area contributed by atoms with Crippen LogP contribution in [0.15, 0.2) is 6.33 Å². The van der Waals surface area contributed by atoms with Gasteiger partial charge in [0.2, 0.25) is 5.82 Å². The number of hydrogen-bond donors (Lipinski definition) is 1. The summed E-state index contributed by atoms with van der Waals surface area (Å²) in [6.45, 7) is 0. The fraction of sp³-hybridized carbons (Fsp3) is 0.636. The van der Waals surface area contributed by atoms with Crippen molar-refractivity contribution in [2.45, 2.75) is 38.1 Å². The van der Waals surface area contributed by atoms with Gasteiger partial charge in [0.1, 0.15) is 6.33 Å². The number of ether oxygens (including phenoxy) is 1. The molecule has 0 radical (unpaired) electrons. The molecule has 1 aliphatic carbocycles. The van der Waals surface area contributed by atoms with E-state index in [4.69, 9.17) is 4.74 Å². The van der Waals surface area contributed by atoms with Gasteiger partial charge < -0.3 is 10.1 Å². The Labute approximate surface area is 105 Å². The first-order valence-corrected chi connectivity index (χ1v) is 6.02. The molecule has 1 heterocycles. The average Bonchev–Trinajstić information content (AvgIpc) is 2.39. The summed E-state index contributed by atoms with van der Waals surface area (Å²) < 4.78 is 4.90. The highest BCUT2D eigenvalue weighted by molar-refractivity contribution is 5.61. The number of nitro groups is 1. The molecule has 0 amide bonds. The van der Waals surface area contributed by atoms with Crippen molar-refractivity contribution in [3.05, 3.63) is 16.4 Å². The van der Waals surface area contributed by atoms with Crippen LogP contribution in [0.25, 0.3) is 0 Å². The van der Waals surface area contributed by atoms with E-state index in [0.29, 0.717) is 0 Å². The maximum atomic E-state index is 11.0. The van der Waals surface area contributed by atoms with Crippen LogP contribution in [0.5, 0.6) is 5.88 Å². The first kappa shape index (κ1) is 12.5. The molecule has 2 rings (SSSR count). The number of aromatic nitrogens is 2. The maximum absolute atomic E-state index is 11.0. The first-order chi connectivity index (χ1) is 8.72. The van der Waals surface area contributed by atoms with E-state index in [9.17, 15) is 10.1 Å². The second-order valence-electron chi connectivity index (χ2n) is 4.32. The van der Waals surface area contributed by atoms with E-state index in [-0.39, 0.29) is 23.4 Å². The van der Waals surface area contributed by atoms with Gasteiger partial charge in [0.05, 0.1) is 12.0 Å². The van der Waals surface area contributed by atoms with Gasteiger partial charge in [-0.3, -0.25) is 10.1 Å². The SMILES string of the molecule is COc1ncnc(NC2CCCCC2)c1[N+](=O)[O-]. The van der Waals surface area contributed by atoms with Gasteiger partial charge in [0, 0.05) is 6.04 Å². The molecule has 1 aliphatic rings. The summed E-state index contributed by atoms with van der Waals surface area (Å²) in [7, 11) is 1.36. The van der Waals surface area contributed by atoms with Crippen LogP contribution in [0, 0.1) is 10.1 Å². The van der Waals surface area contributed by atoms with Crippen molar-refractivity contribution >= 4 is 11.5 Å². The fourth-order valence-corrected chi connectivity index (χ4v) is 2.22. The van der Waals surface area contributed by atoms with Crippen molar-refractivity contribution in [3.63, 3.8) is 0 Å². The Hall–Kier alpha value is -1.92. The Morgan fingerprint density at radius 3 is 2.72 bits per heavy atom. The van der Waals surface area contributed by atoms with Crippen molar-refractivity contribution in [1.29, 1.82) is 0 Å². The molecule has 0 bridgehead atoms. The van der Waals surface area contributed by atoms with Crippen molar-refractivity contribution in [1.82, 2.24) is 9.97 Å². The first-order valence-electron chi connectivity index (χ1n) is 6.02. The van der Waals surface area contributed by atoms with E-state index in [1.807, 2.05) is 0 Å². The molecule has 7 nitrogen and oxygen atoms in total. The number of methoxy groups -OCH3 is 1. The van der Waals surface area contributed by atoms with Crippen LogP contribution in [0.2, 0.25) is 0 Å². The van der Waals surface area contributed by atoms with Crippen molar-refractivity contribution in [3.8, 4) is 5.88 Å². The highest BCUT2D eigenvalue weighted by atomic mass is 16.6. The molecule has 0 spiro atoms. The highest BCUT2D eigenvalue weighted by Gasteiger charge is 2.26. The standard InChI is InChI=1S/C11H16N4O3/c1-18-11-9(15(16)17)10(12-7-13-11)14-8-5-3-2-4-6-8/h7-8H,2-6H2,1H3,(H,12,13,14). The van der Waals surface area contributed by atoms with Gasteiger partial charge in [0.15, 0.2) is 0 Å². The lowest BCUT2D eigenvalue weighted by atomic mass is 9.95. The molecule has 1 aromatic heterocycles. The smallest absolute Gasteiger partial charge is 0.372 e. The van der Waals surface area contributed by atoms with Gasteiger partial charge in [0.25, 0.3) is 5.88 Å². The number of nitrogens with zero attached hydrogens (tertiary/aromatic N) is 3. The van der Waals surface area contributed by atoms with E-state index < -0.39 is 4.92 Å². The summed E-state index contributed by atoms with van der Waals surface area (Å²) in [5.41, 5.74) is -0.189. The largest absolute Gasteiger partial charge is 0.476 e. The molecule has 1 fully saturated rings. The summed E-state index contributed by atoms with van der Waals surface area (Å²) >= 11 is 0. The lowest BCUT2D eigenvalue weighted by molar-refractivity contribution is -0.385. The minimum atomic E-state index is -0.510. The summed E-state index contributed by atoms with van der Waals surface area (Å²) in [4.78, 5) is 18.3. The Kier molecular flexibility index (Phi) is 3.91. The van der Waals surface area contributed by atoms with Crippen LogP contribution >= 0.6 is 0 Å². The lowest BCUT2D eigenvalue weighted by Gasteiger charge is -2.23. The van der Waals surface area contributed by atoms with Crippen molar-refractivity contribution < 1.29 is 9.66 Å². The van der Waals surface area contributed by atoms with Crippen LogP contribution in [-0.2, 0) is 0 Å². The monoisotopic (exact) mass is 252 g/mol. The molecule has 1 N–H and O–H groups in total. The van der Waals surface area contributed by atoms with E-state index in [2.05, 4.69) is 15.3 Å². The molecule has 0 aromatic carbocycles. The van der Waals surface area contributed by atoms with E-state index in [1.54, 1.807) is 0 Å². The van der Waals surface area contributed by atoms with E-state index in [0.717, 1.165) is 25.7 Å². The topological polar surface area (TPSA) is 90.2 Å². The molecule has 0 aliphatic heterocycles. The number of anilines is 1. The Bertz CT molecular complexity index is 432. The lowest BCUT2D eigenvalue weighted by Crippen LogP contribution is -2.23. The minimum absolute atomic E-state index is 0.00619. The van der Waals surface area contributed by atoms with Gasteiger partial charge in [-0.1, -0.05) is 19.3 Å². The zero-order chi connectivity index (χ0) is 13.0. The van der Waals surface area contributed by atoms with Gasteiger partial charge in [-0.05, 0) is 12.8 Å². The van der Waals surface area contributed by atoms with Crippen LogP contribution in [0.4, 0.5) is 11.5 Å². The summed E-state index contributed by atoms with van der Waals surface area (Å²) in [5, 5.41) is 14.2. The molecule has 18 heavy (non-hydrogen) atoms. The molecule has 1 aromatic rings. The third-order valence-electron chi connectivity index (χ3n) is 3.11. The number of rotatable bonds is 4. The van der Waals surface area contributed by atoms with Gasteiger partial charge >= 0.3 is 5.69 Å². The zero-order valence-corrected chi connectivity index (χ0v) is 10.3. The van der Waals surface area contributed by atoms with Crippen LogP contribution in [-0.4, -0.2) is 28.0 Å².